The number of hydrogen-bond acceptors (Lipinski definition) is 3. The van der Waals surface area contributed by atoms with Crippen molar-refractivity contribution < 1.29 is 5.21 Å². The number of rotatable bonds is 1. The van der Waals surface area contributed by atoms with Crippen LogP contribution in [0.2, 0.25) is 0 Å². The van der Waals surface area contributed by atoms with Crippen molar-refractivity contribution in [3.8, 4) is 0 Å². The Balaban J connectivity index is 1.50. The van der Waals surface area contributed by atoms with E-state index in [0.717, 1.165) is 23.5 Å². The quantitative estimate of drug-likeness (QED) is 0.582. The van der Waals surface area contributed by atoms with E-state index in [2.05, 4.69) is 10.1 Å². The van der Waals surface area contributed by atoms with E-state index in [0.29, 0.717) is 12.0 Å². The Bertz CT molecular complexity index is 381. The SMILES string of the molecule is ON=C1C2CCC(C2)C1N1CCC2CCCCC2C1. The van der Waals surface area contributed by atoms with Crippen LogP contribution in [0, 0.1) is 23.7 Å². The molecule has 5 unspecified atom stereocenters. The summed E-state index contributed by atoms with van der Waals surface area (Å²) in [6, 6.07) is 0.492. The van der Waals surface area contributed by atoms with Gasteiger partial charge in [0.05, 0.1) is 11.8 Å². The fraction of sp³-hybridized carbons (Fsp3) is 0.938. The number of hydrogen-bond donors (Lipinski definition) is 1. The van der Waals surface area contributed by atoms with Crippen LogP contribution in [0.1, 0.15) is 51.4 Å². The van der Waals surface area contributed by atoms with E-state index in [1.165, 1.54) is 64.5 Å². The highest BCUT2D eigenvalue weighted by atomic mass is 16.4. The summed E-state index contributed by atoms with van der Waals surface area (Å²) in [7, 11) is 0. The van der Waals surface area contributed by atoms with E-state index < -0.39 is 0 Å². The molecule has 4 aliphatic rings. The number of likely N-dealkylation sites (tertiary alicyclic amines) is 1. The van der Waals surface area contributed by atoms with Gasteiger partial charge >= 0.3 is 0 Å². The van der Waals surface area contributed by atoms with Gasteiger partial charge in [-0.25, -0.2) is 0 Å². The van der Waals surface area contributed by atoms with Gasteiger partial charge in [0.25, 0.3) is 0 Å². The maximum atomic E-state index is 9.38. The summed E-state index contributed by atoms with van der Waals surface area (Å²) in [6.07, 6.45) is 11.1. The molecule has 0 amide bonds. The average molecular weight is 262 g/mol. The van der Waals surface area contributed by atoms with Crippen LogP contribution >= 0.6 is 0 Å². The zero-order valence-electron chi connectivity index (χ0n) is 11.8. The van der Waals surface area contributed by atoms with Crippen LogP contribution in [0.5, 0.6) is 0 Å². The van der Waals surface area contributed by atoms with Crippen molar-refractivity contribution in [1.29, 1.82) is 0 Å². The van der Waals surface area contributed by atoms with Gasteiger partial charge in [0.2, 0.25) is 0 Å². The van der Waals surface area contributed by atoms with E-state index in [9.17, 15) is 5.21 Å². The molecule has 0 aromatic carbocycles. The van der Waals surface area contributed by atoms with Gasteiger partial charge < -0.3 is 5.21 Å². The predicted octanol–water partition coefficient (Wildman–Crippen LogP) is 3.13. The highest BCUT2D eigenvalue weighted by Crippen LogP contribution is 2.47. The third kappa shape index (κ3) is 1.93. The summed E-state index contributed by atoms with van der Waals surface area (Å²) in [4.78, 5) is 2.69. The lowest BCUT2D eigenvalue weighted by Gasteiger charge is -2.45. The molecule has 1 saturated heterocycles. The monoisotopic (exact) mass is 262 g/mol. The summed E-state index contributed by atoms with van der Waals surface area (Å²) in [5.74, 6) is 3.32. The number of fused-ring (bicyclic) bond motifs is 3. The Labute approximate surface area is 116 Å². The fourth-order valence-corrected chi connectivity index (χ4v) is 5.56. The Morgan fingerprint density at radius 1 is 0.947 bits per heavy atom. The molecule has 5 atom stereocenters. The van der Waals surface area contributed by atoms with E-state index in [1.807, 2.05) is 0 Å². The van der Waals surface area contributed by atoms with Gasteiger partial charge in [0.1, 0.15) is 0 Å². The molecule has 19 heavy (non-hydrogen) atoms. The lowest BCUT2D eigenvalue weighted by atomic mass is 9.74. The van der Waals surface area contributed by atoms with Crippen LogP contribution in [0.3, 0.4) is 0 Å². The molecule has 1 heterocycles. The van der Waals surface area contributed by atoms with E-state index >= 15 is 0 Å². The first-order chi connectivity index (χ1) is 9.36. The molecule has 4 rings (SSSR count). The largest absolute Gasteiger partial charge is 0.411 e. The van der Waals surface area contributed by atoms with Crippen molar-refractivity contribution in [2.45, 2.75) is 57.4 Å². The van der Waals surface area contributed by atoms with Crippen LogP contribution in [0.4, 0.5) is 0 Å². The maximum Gasteiger partial charge on any atom is 0.0775 e. The molecule has 0 radical (unpaired) electrons. The van der Waals surface area contributed by atoms with Crippen molar-refractivity contribution in [2.75, 3.05) is 13.1 Å². The molecule has 3 nitrogen and oxygen atoms in total. The molecular formula is C16H26N2O. The van der Waals surface area contributed by atoms with Gasteiger partial charge in [-0.05, 0) is 56.4 Å². The molecule has 3 aliphatic carbocycles. The van der Waals surface area contributed by atoms with Crippen molar-refractivity contribution >= 4 is 5.71 Å². The highest BCUT2D eigenvalue weighted by molar-refractivity contribution is 5.94. The van der Waals surface area contributed by atoms with Gasteiger partial charge in [-0.2, -0.15) is 0 Å². The van der Waals surface area contributed by atoms with Crippen molar-refractivity contribution in [3.63, 3.8) is 0 Å². The Kier molecular flexibility index (Phi) is 3.06. The molecule has 4 fully saturated rings. The Hall–Kier alpha value is -0.570. The highest BCUT2D eigenvalue weighted by Gasteiger charge is 2.49. The second-order valence-corrected chi connectivity index (χ2v) is 7.33. The number of oxime groups is 1. The minimum atomic E-state index is 0.492. The molecular weight excluding hydrogens is 236 g/mol. The smallest absolute Gasteiger partial charge is 0.0775 e. The standard InChI is InChI=1S/C16H26N2O/c19-17-15-12-5-6-13(9-12)16(15)18-8-7-11-3-1-2-4-14(11)10-18/h11-14,16,19H,1-10H2. The van der Waals surface area contributed by atoms with Gasteiger partial charge in [-0.3, -0.25) is 4.90 Å². The Morgan fingerprint density at radius 2 is 1.79 bits per heavy atom. The number of nitrogens with zero attached hydrogens (tertiary/aromatic N) is 2. The normalized spacial score (nSPS) is 48.6. The molecule has 3 saturated carbocycles. The van der Waals surface area contributed by atoms with Crippen LogP contribution < -0.4 is 0 Å². The summed E-state index contributed by atoms with van der Waals surface area (Å²) in [5, 5.41) is 13.1. The second-order valence-electron chi connectivity index (χ2n) is 7.33. The van der Waals surface area contributed by atoms with E-state index in [-0.39, 0.29) is 0 Å². The molecule has 0 spiro atoms. The van der Waals surface area contributed by atoms with Crippen LogP contribution in [-0.4, -0.2) is 35.0 Å². The first-order valence-electron chi connectivity index (χ1n) is 8.32. The van der Waals surface area contributed by atoms with Gasteiger partial charge in [-0.15, -0.1) is 0 Å². The summed E-state index contributed by atoms with van der Waals surface area (Å²) in [5.41, 5.74) is 1.13. The third-order valence-electron chi connectivity index (χ3n) is 6.47. The number of piperidine rings is 1. The zero-order valence-corrected chi connectivity index (χ0v) is 11.8. The molecule has 0 aromatic rings. The molecule has 106 valence electrons. The molecule has 3 heteroatoms. The molecule has 1 N–H and O–H groups in total. The average Bonchev–Trinajstić information content (AvgIpc) is 3.07. The first kappa shape index (κ1) is 12.2. The van der Waals surface area contributed by atoms with Crippen molar-refractivity contribution in [2.24, 2.45) is 28.8 Å². The topological polar surface area (TPSA) is 35.8 Å². The second kappa shape index (κ2) is 4.76. The lowest BCUT2D eigenvalue weighted by Crippen LogP contribution is -2.51. The van der Waals surface area contributed by atoms with Crippen LogP contribution in [0.15, 0.2) is 5.16 Å². The minimum Gasteiger partial charge on any atom is -0.411 e. The summed E-state index contributed by atoms with van der Waals surface area (Å²) < 4.78 is 0. The van der Waals surface area contributed by atoms with Gasteiger partial charge in [-0.1, -0.05) is 24.4 Å². The first-order valence-corrected chi connectivity index (χ1v) is 8.32. The maximum absolute atomic E-state index is 9.38. The van der Waals surface area contributed by atoms with Gasteiger partial charge in [0.15, 0.2) is 0 Å². The summed E-state index contributed by atoms with van der Waals surface area (Å²) in [6.45, 7) is 2.52. The molecule has 0 aromatic heterocycles. The summed E-state index contributed by atoms with van der Waals surface area (Å²) >= 11 is 0. The molecule has 1 aliphatic heterocycles. The Morgan fingerprint density at radius 3 is 2.63 bits per heavy atom. The predicted molar refractivity (Wildman–Crippen MR) is 75.5 cm³/mol. The van der Waals surface area contributed by atoms with Crippen LogP contribution in [-0.2, 0) is 0 Å². The van der Waals surface area contributed by atoms with Gasteiger partial charge in [0, 0.05) is 12.5 Å². The van der Waals surface area contributed by atoms with E-state index in [1.54, 1.807) is 0 Å². The van der Waals surface area contributed by atoms with E-state index in [4.69, 9.17) is 0 Å². The van der Waals surface area contributed by atoms with Crippen LogP contribution in [0.25, 0.3) is 0 Å². The van der Waals surface area contributed by atoms with Crippen molar-refractivity contribution in [1.82, 2.24) is 4.90 Å². The third-order valence-corrected chi connectivity index (χ3v) is 6.47. The fourth-order valence-electron chi connectivity index (χ4n) is 5.56. The lowest BCUT2D eigenvalue weighted by molar-refractivity contribution is 0.0602. The van der Waals surface area contributed by atoms with Crippen molar-refractivity contribution in [3.05, 3.63) is 0 Å². The minimum absolute atomic E-state index is 0.492. The zero-order chi connectivity index (χ0) is 12.8. The molecule has 2 bridgehead atoms.